The Balaban J connectivity index is -0.0000000881. The minimum atomic E-state index is -1.37. The predicted molar refractivity (Wildman–Crippen MR) is 90.8 cm³/mol. The van der Waals surface area contributed by atoms with Gasteiger partial charge >= 0.3 is 26.2 Å². The van der Waals surface area contributed by atoms with E-state index in [-0.39, 0.29) is 26.2 Å². The number of rotatable bonds is 4. The van der Waals surface area contributed by atoms with Gasteiger partial charge in [0.2, 0.25) is 0 Å². The van der Waals surface area contributed by atoms with Gasteiger partial charge in [0.1, 0.15) is 0 Å². The van der Waals surface area contributed by atoms with Crippen molar-refractivity contribution in [3.63, 3.8) is 0 Å². The first-order valence-electron chi connectivity index (χ1n) is 6.61. The van der Waals surface area contributed by atoms with Crippen LogP contribution in [0.1, 0.15) is 20.8 Å². The molecule has 0 aliphatic rings. The third-order valence-electron chi connectivity index (χ3n) is 1.83. The Labute approximate surface area is 147 Å². The molecule has 0 aromatic heterocycles. The van der Waals surface area contributed by atoms with Gasteiger partial charge in [0, 0.05) is 0 Å². The fraction of sp³-hybridized carbons (Fsp3) is 0.643. The van der Waals surface area contributed by atoms with E-state index >= 15 is 0 Å². The maximum absolute atomic E-state index is 11.7. The molecular formula is C14H30FN3SiZr. The molecule has 0 amide bonds. The summed E-state index contributed by atoms with van der Waals surface area (Å²) in [5, 5.41) is 12.1. The molecule has 6 heteroatoms. The van der Waals surface area contributed by atoms with E-state index in [0.717, 1.165) is 24.8 Å². The first-order valence-corrected chi connectivity index (χ1v) is 7.85. The van der Waals surface area contributed by atoms with Gasteiger partial charge in [-0.1, -0.05) is 20.8 Å². The minimum absolute atomic E-state index is 0. The van der Waals surface area contributed by atoms with Crippen molar-refractivity contribution in [2.45, 2.75) is 20.8 Å². The first kappa shape index (κ1) is 28.4. The molecular weight excluding hydrogens is 348 g/mol. The molecule has 0 saturated carbocycles. The molecule has 0 fully saturated rings. The molecule has 0 aliphatic heterocycles. The average Bonchev–Trinajstić information content (AvgIpc) is 3.01. The van der Waals surface area contributed by atoms with E-state index < -0.39 is 9.85 Å². The molecule has 1 aromatic rings. The summed E-state index contributed by atoms with van der Waals surface area (Å²) in [6.07, 6.45) is 0. The molecule has 3 nitrogen and oxygen atoms in total. The van der Waals surface area contributed by atoms with E-state index in [2.05, 4.69) is 16.0 Å². The summed E-state index contributed by atoms with van der Waals surface area (Å²) >= 11 is 0. The van der Waals surface area contributed by atoms with Crippen LogP contribution in [-0.4, -0.2) is 50.6 Å². The van der Waals surface area contributed by atoms with Gasteiger partial charge in [0.25, 0.3) is 0 Å². The Morgan fingerprint density at radius 1 is 0.850 bits per heavy atom. The van der Waals surface area contributed by atoms with Gasteiger partial charge < -0.3 is 20.1 Å². The van der Waals surface area contributed by atoms with Crippen molar-refractivity contribution in [2.24, 2.45) is 0 Å². The molecule has 0 spiro atoms. The van der Waals surface area contributed by atoms with Crippen LogP contribution in [0.25, 0.3) is 16.0 Å². The second-order valence-corrected chi connectivity index (χ2v) is 4.41. The molecule has 0 atom stereocenters. The van der Waals surface area contributed by atoms with Crippen LogP contribution in [0.4, 0.5) is 4.11 Å². The van der Waals surface area contributed by atoms with Crippen molar-refractivity contribution in [3.8, 4) is 0 Å². The van der Waals surface area contributed by atoms with Gasteiger partial charge in [-0.3, -0.25) is 0 Å². The maximum atomic E-state index is 11.7. The monoisotopic (exact) mass is 377 g/mol. The molecule has 0 radical (unpaired) electrons. The second kappa shape index (κ2) is 31.6. The molecule has 0 aliphatic carbocycles. The Morgan fingerprint density at radius 2 is 1.10 bits per heavy atom. The molecule has 20 heavy (non-hydrogen) atoms. The number of halogens is 1. The van der Waals surface area contributed by atoms with E-state index in [1.165, 1.54) is 0 Å². The van der Waals surface area contributed by atoms with Gasteiger partial charge in [-0.15, -0.1) is 5.19 Å². The third-order valence-corrected chi connectivity index (χ3v) is 2.61. The summed E-state index contributed by atoms with van der Waals surface area (Å²) in [6.45, 7) is 8.88. The third kappa shape index (κ3) is 36.2. The van der Waals surface area contributed by atoms with E-state index in [1.807, 2.05) is 45.0 Å². The Bertz CT molecular complexity index is 197. The summed E-state index contributed by atoms with van der Waals surface area (Å²) in [7, 11) is 4.05. The van der Waals surface area contributed by atoms with Crippen molar-refractivity contribution >= 4 is 15.0 Å². The average molecular weight is 379 g/mol. The molecule has 0 heterocycles. The molecule has 116 valence electrons. The van der Waals surface area contributed by atoms with Gasteiger partial charge in [0.05, 0.1) is 0 Å². The van der Waals surface area contributed by atoms with E-state index in [1.54, 1.807) is 21.1 Å². The zero-order chi connectivity index (χ0) is 15.4. The van der Waals surface area contributed by atoms with Gasteiger partial charge in [0.15, 0.2) is 9.85 Å². The summed E-state index contributed by atoms with van der Waals surface area (Å²) in [6, 6.07) is 7.38. The van der Waals surface area contributed by atoms with Crippen LogP contribution in [0.15, 0.2) is 24.3 Å². The quantitative estimate of drug-likeness (QED) is 0.439. The van der Waals surface area contributed by atoms with E-state index in [9.17, 15) is 4.11 Å². The van der Waals surface area contributed by atoms with Crippen LogP contribution < -0.4 is 5.19 Å². The van der Waals surface area contributed by atoms with Crippen LogP contribution in [0.5, 0.6) is 0 Å². The fourth-order valence-electron chi connectivity index (χ4n) is 0.503. The van der Waals surface area contributed by atoms with Gasteiger partial charge in [-0.2, -0.15) is 52.9 Å². The maximum Gasteiger partial charge on any atom is 4.00 e. The zero-order valence-corrected chi connectivity index (χ0v) is 17.7. The molecule has 0 bridgehead atoms. The SMILES string of the molecule is CC[N-]C.CC[N-]C.CC[N-]C.F[SiH2][c-]1cccc1.[Zr+4]. The largest absolute Gasteiger partial charge is 4.00 e. The Kier molecular flexibility index (Phi) is 44.9. The first-order chi connectivity index (χ1) is 9.17. The summed E-state index contributed by atoms with van der Waals surface area (Å²) < 4.78 is 11.7. The number of hydrogen-bond donors (Lipinski definition) is 0. The van der Waals surface area contributed by atoms with Gasteiger partial charge in [-0.25, -0.2) is 12.1 Å². The second-order valence-electron chi connectivity index (χ2n) is 3.32. The molecule has 1 rings (SSSR count). The number of nitrogens with zero attached hydrogens (tertiary/aromatic N) is 3. The van der Waals surface area contributed by atoms with Crippen LogP contribution in [0.2, 0.25) is 0 Å². The normalized spacial score (nSPS) is 8.35. The predicted octanol–water partition coefficient (Wildman–Crippen LogP) is 3.11. The number of hydrogen-bond acceptors (Lipinski definition) is 0. The van der Waals surface area contributed by atoms with Crippen molar-refractivity contribution < 1.29 is 30.3 Å². The Hall–Kier alpha value is 0.260. The van der Waals surface area contributed by atoms with Crippen molar-refractivity contribution in [2.75, 3.05) is 40.8 Å². The summed E-state index contributed by atoms with van der Waals surface area (Å²) in [5.41, 5.74) is 0. The van der Waals surface area contributed by atoms with Gasteiger partial charge in [-0.05, 0) is 0 Å². The van der Waals surface area contributed by atoms with Crippen LogP contribution in [0, 0.1) is 0 Å². The molecule has 1 aromatic carbocycles. The topological polar surface area (TPSA) is 42.3 Å². The van der Waals surface area contributed by atoms with E-state index in [0.29, 0.717) is 0 Å². The minimum Gasteiger partial charge on any atom is -0.665 e. The standard InChI is InChI=1S/C5H6FSi.3C3H8N.Zr/c6-7-5-3-1-2-4-5;3*1-3-4-2;/h1-4H,7H2;3*3H2,1-2H3;/q4*-1;+4. The summed E-state index contributed by atoms with van der Waals surface area (Å²) in [5.74, 6) is 0. The zero-order valence-electron chi connectivity index (χ0n) is 13.9. The smallest absolute Gasteiger partial charge is 0.665 e. The summed E-state index contributed by atoms with van der Waals surface area (Å²) in [4.78, 5) is 0. The van der Waals surface area contributed by atoms with Crippen LogP contribution >= 0.6 is 0 Å². The van der Waals surface area contributed by atoms with Crippen LogP contribution in [-0.2, 0) is 26.2 Å². The fourth-order valence-corrected chi connectivity index (χ4v) is 0.953. The van der Waals surface area contributed by atoms with E-state index in [4.69, 9.17) is 0 Å². The molecule has 0 saturated heterocycles. The molecule has 0 N–H and O–H groups in total. The van der Waals surface area contributed by atoms with Crippen molar-refractivity contribution in [1.82, 2.24) is 0 Å². The van der Waals surface area contributed by atoms with Crippen molar-refractivity contribution in [3.05, 3.63) is 40.2 Å². The molecule has 0 unspecified atom stereocenters. The van der Waals surface area contributed by atoms with Crippen LogP contribution in [0.3, 0.4) is 0 Å². The Morgan fingerprint density at radius 3 is 1.20 bits per heavy atom. The van der Waals surface area contributed by atoms with Crippen molar-refractivity contribution in [1.29, 1.82) is 0 Å².